The lowest BCUT2D eigenvalue weighted by molar-refractivity contribution is -0.278. The van der Waals surface area contributed by atoms with Crippen molar-refractivity contribution in [1.29, 1.82) is 0 Å². The third kappa shape index (κ3) is 6.00. The monoisotopic (exact) mass is 654 g/mol. The number of alkyl halides is 7. The fourth-order valence-electron chi connectivity index (χ4n) is 5.71. The number of hydrogen-bond donors (Lipinski definition) is 2. The standard InChI is InChI=1S/C24H27Cl2F7N4O3S/c1-20(2)17(18(38)34-12-23(29,30)24(31,32)33)35-19(36-20)21-9-22(10-21,11-21)37(41(39,40)6-5-16(27)28)8-13-3-4-14(25)15(26)7-13/h3-4,7,16-17H,5-6,8-12H2,1-2H3,(H,34,38)(H,35,36)/t17-,21?,22?/m0/s1. The largest absolute Gasteiger partial charge is 0.455 e. The van der Waals surface area contributed by atoms with Crippen LogP contribution in [0.1, 0.15) is 45.1 Å². The van der Waals surface area contributed by atoms with E-state index in [9.17, 15) is 43.9 Å². The molecule has 0 radical (unpaired) electrons. The van der Waals surface area contributed by atoms with Gasteiger partial charge in [0.1, 0.15) is 5.84 Å². The van der Waals surface area contributed by atoms with Crippen LogP contribution in [0.15, 0.2) is 23.2 Å². The molecule has 230 valence electrons. The van der Waals surface area contributed by atoms with Gasteiger partial charge < -0.3 is 10.6 Å². The zero-order valence-corrected chi connectivity index (χ0v) is 24.1. The molecule has 2 bridgehead atoms. The zero-order valence-electron chi connectivity index (χ0n) is 21.8. The van der Waals surface area contributed by atoms with Gasteiger partial charge in [-0.2, -0.15) is 26.3 Å². The van der Waals surface area contributed by atoms with Crippen LogP contribution in [-0.4, -0.2) is 72.4 Å². The third-order valence-electron chi connectivity index (χ3n) is 7.80. The van der Waals surface area contributed by atoms with Crippen LogP contribution >= 0.6 is 23.2 Å². The van der Waals surface area contributed by atoms with E-state index < -0.39 is 75.7 Å². The van der Waals surface area contributed by atoms with Crippen LogP contribution < -0.4 is 10.6 Å². The second-order valence-electron chi connectivity index (χ2n) is 11.4. The Kier molecular flexibility index (Phi) is 8.14. The number of sulfonamides is 1. The van der Waals surface area contributed by atoms with Gasteiger partial charge in [0.15, 0.2) is 6.04 Å². The Balaban J connectivity index is 1.51. The van der Waals surface area contributed by atoms with Crippen molar-refractivity contribution in [3.8, 4) is 0 Å². The number of nitrogens with zero attached hydrogens (tertiary/aromatic N) is 2. The van der Waals surface area contributed by atoms with Crippen LogP contribution in [0.3, 0.4) is 0 Å². The summed E-state index contributed by atoms with van der Waals surface area (Å²) in [5.74, 6) is -6.72. The first-order valence-corrected chi connectivity index (χ1v) is 14.8. The van der Waals surface area contributed by atoms with Gasteiger partial charge in [-0.05, 0) is 50.8 Å². The third-order valence-corrected chi connectivity index (χ3v) is 10.5. The van der Waals surface area contributed by atoms with Crippen molar-refractivity contribution >= 4 is 45.0 Å². The lowest BCUT2D eigenvalue weighted by Gasteiger charge is -2.73. The summed E-state index contributed by atoms with van der Waals surface area (Å²) in [7, 11) is -4.16. The van der Waals surface area contributed by atoms with Crippen LogP contribution in [0.2, 0.25) is 10.0 Å². The fourth-order valence-corrected chi connectivity index (χ4v) is 7.86. The van der Waals surface area contributed by atoms with Crippen LogP contribution in [0.5, 0.6) is 0 Å². The van der Waals surface area contributed by atoms with Gasteiger partial charge in [-0.15, -0.1) is 0 Å². The number of amidine groups is 1. The molecule has 41 heavy (non-hydrogen) atoms. The maximum atomic E-state index is 13.3. The van der Waals surface area contributed by atoms with Crippen molar-refractivity contribution in [2.75, 3.05) is 12.3 Å². The van der Waals surface area contributed by atoms with Crippen molar-refractivity contribution in [3.05, 3.63) is 33.8 Å². The number of carbonyl (C=O) groups excluding carboxylic acids is 1. The highest BCUT2D eigenvalue weighted by molar-refractivity contribution is 7.89. The van der Waals surface area contributed by atoms with Crippen LogP contribution in [0.25, 0.3) is 0 Å². The molecule has 5 rings (SSSR count). The molecule has 2 N–H and O–H groups in total. The van der Waals surface area contributed by atoms with E-state index >= 15 is 0 Å². The van der Waals surface area contributed by atoms with Crippen LogP contribution in [0.4, 0.5) is 30.7 Å². The minimum absolute atomic E-state index is 0.150. The Morgan fingerprint density at radius 1 is 1.15 bits per heavy atom. The van der Waals surface area contributed by atoms with Crippen molar-refractivity contribution in [2.24, 2.45) is 10.4 Å². The number of halogens is 9. The minimum atomic E-state index is -5.84. The van der Waals surface area contributed by atoms with E-state index in [4.69, 9.17) is 23.2 Å². The molecule has 0 unspecified atom stereocenters. The maximum Gasteiger partial charge on any atom is 0.455 e. The predicted octanol–water partition coefficient (Wildman–Crippen LogP) is 5.17. The van der Waals surface area contributed by atoms with Gasteiger partial charge in [-0.3, -0.25) is 9.79 Å². The lowest BCUT2D eigenvalue weighted by atomic mass is 9.38. The van der Waals surface area contributed by atoms with Crippen molar-refractivity contribution in [2.45, 2.75) is 81.7 Å². The van der Waals surface area contributed by atoms with Gasteiger partial charge >= 0.3 is 12.1 Å². The molecule has 0 spiro atoms. The molecule has 1 amide bonds. The maximum absolute atomic E-state index is 13.3. The molecule has 3 saturated carbocycles. The summed E-state index contributed by atoms with van der Waals surface area (Å²) < 4.78 is 118. The van der Waals surface area contributed by atoms with Crippen molar-refractivity contribution in [1.82, 2.24) is 14.9 Å². The number of carbonyl (C=O) groups is 1. The number of hydrogen-bond acceptors (Lipinski definition) is 5. The van der Waals surface area contributed by atoms with Crippen LogP contribution in [-0.2, 0) is 21.4 Å². The molecule has 7 nitrogen and oxygen atoms in total. The molecule has 1 aliphatic heterocycles. The van der Waals surface area contributed by atoms with Gasteiger partial charge in [-0.25, -0.2) is 17.2 Å². The second kappa shape index (κ2) is 10.4. The fraction of sp³-hybridized carbons (Fsp3) is 0.667. The Morgan fingerprint density at radius 3 is 2.29 bits per heavy atom. The predicted molar refractivity (Wildman–Crippen MR) is 138 cm³/mol. The van der Waals surface area contributed by atoms with E-state index in [1.165, 1.54) is 30.3 Å². The molecular weight excluding hydrogens is 628 g/mol. The quantitative estimate of drug-likeness (QED) is 0.323. The first-order chi connectivity index (χ1) is 18.6. The van der Waals surface area contributed by atoms with E-state index in [-0.39, 0.29) is 35.9 Å². The summed E-state index contributed by atoms with van der Waals surface area (Å²) in [6.45, 7) is 0.966. The van der Waals surface area contributed by atoms with E-state index in [1.807, 2.05) is 0 Å². The van der Waals surface area contributed by atoms with Gasteiger partial charge in [-0.1, -0.05) is 29.3 Å². The zero-order chi connectivity index (χ0) is 30.8. The summed E-state index contributed by atoms with van der Waals surface area (Å²) >= 11 is 12.0. The molecular formula is C24H27Cl2F7N4O3S. The molecule has 1 aromatic carbocycles. The van der Waals surface area contributed by atoms with Crippen LogP contribution in [0, 0.1) is 5.41 Å². The van der Waals surface area contributed by atoms with E-state index in [1.54, 1.807) is 11.4 Å². The second-order valence-corrected chi connectivity index (χ2v) is 14.3. The van der Waals surface area contributed by atoms with Gasteiger partial charge in [0, 0.05) is 23.9 Å². The van der Waals surface area contributed by atoms with E-state index in [0.29, 0.717) is 11.4 Å². The molecule has 1 heterocycles. The average Bonchev–Trinajstić information content (AvgIpc) is 3.10. The van der Waals surface area contributed by atoms with Crippen molar-refractivity contribution in [3.63, 3.8) is 0 Å². The first-order valence-electron chi connectivity index (χ1n) is 12.4. The van der Waals surface area contributed by atoms with Gasteiger partial charge in [0.05, 0.1) is 27.9 Å². The summed E-state index contributed by atoms with van der Waals surface area (Å²) in [6.07, 6.45) is -8.81. The Morgan fingerprint density at radius 2 is 1.76 bits per heavy atom. The molecule has 1 aromatic rings. The number of rotatable bonds is 11. The summed E-state index contributed by atoms with van der Waals surface area (Å²) in [5, 5.41) is 5.11. The molecule has 17 heteroatoms. The molecule has 3 fully saturated rings. The topological polar surface area (TPSA) is 90.9 Å². The van der Waals surface area contributed by atoms with Gasteiger partial charge in [0.2, 0.25) is 22.4 Å². The number of benzene rings is 1. The highest BCUT2D eigenvalue weighted by Gasteiger charge is 2.75. The van der Waals surface area contributed by atoms with E-state index in [2.05, 4.69) is 10.3 Å². The molecule has 0 aromatic heterocycles. The summed E-state index contributed by atoms with van der Waals surface area (Å²) in [4.78, 5) is 16.9. The number of amides is 1. The minimum Gasteiger partial charge on any atom is -0.366 e. The Bertz CT molecular complexity index is 1340. The smallest absolute Gasteiger partial charge is 0.366 e. The summed E-state index contributed by atoms with van der Waals surface area (Å²) in [6, 6.07) is 3.22. The van der Waals surface area contributed by atoms with Crippen molar-refractivity contribution < 1.29 is 43.9 Å². The van der Waals surface area contributed by atoms with Gasteiger partial charge in [0.25, 0.3) is 0 Å². The highest BCUT2D eigenvalue weighted by atomic mass is 35.5. The SMILES string of the molecule is CC1(C)NC(C23CC(N(Cc4ccc(Cl)c(Cl)c4)S(=O)(=O)CCC(F)F)(C2)C3)=N[C@H]1C(=O)NCC(F)(F)C(F)(F)F. The Hall–Kier alpha value is -1.84. The first kappa shape index (κ1) is 32.1. The molecule has 4 aliphatic rings. The number of aliphatic imine (C=N–C) groups is 1. The average molecular weight is 655 g/mol. The molecule has 1 atom stereocenters. The molecule has 0 saturated heterocycles. The van der Waals surface area contributed by atoms with E-state index in [0.717, 1.165) is 0 Å². The highest BCUT2D eigenvalue weighted by Crippen LogP contribution is 2.71. The normalized spacial score (nSPS) is 27.2. The lowest BCUT2D eigenvalue weighted by Crippen LogP contribution is -2.78. The molecule has 3 aliphatic carbocycles. The Labute approximate surface area is 241 Å². The number of nitrogens with one attached hydrogen (secondary N) is 2. The summed E-state index contributed by atoms with van der Waals surface area (Å²) in [5.41, 5.74) is -2.27.